The fourth-order valence-electron chi connectivity index (χ4n) is 4.67. The molecule has 0 spiro atoms. The molecule has 1 aromatic rings. The number of allylic oxidation sites excluding steroid dienone is 12. The number of carbonyl (C=O) groups is 1. The summed E-state index contributed by atoms with van der Waals surface area (Å²) in [5.41, 5.74) is 7.71. The third kappa shape index (κ3) is 13.6. The average Bonchev–Trinajstić information content (AvgIpc) is 2.88. The lowest BCUT2D eigenvalue weighted by atomic mass is 9.72. The Labute approximate surface area is 245 Å². The van der Waals surface area contributed by atoms with Crippen molar-refractivity contribution in [3.05, 3.63) is 119 Å². The second-order valence-electron chi connectivity index (χ2n) is 11.6. The van der Waals surface area contributed by atoms with Gasteiger partial charge >= 0.3 is 5.97 Å². The van der Waals surface area contributed by atoms with Gasteiger partial charge in [0.25, 0.3) is 0 Å². The molecule has 0 unspecified atom stereocenters. The van der Waals surface area contributed by atoms with Crippen molar-refractivity contribution in [2.45, 2.75) is 87.5 Å². The Hall–Kier alpha value is -3.39. The predicted molar refractivity (Wildman–Crippen MR) is 176 cm³/mol. The molecular weight excluding hydrogens is 488 g/mol. The van der Waals surface area contributed by atoms with E-state index in [2.05, 4.69) is 98.1 Å². The largest absolute Gasteiger partial charge is 0.423 e. The molecule has 1 aliphatic carbocycles. The van der Waals surface area contributed by atoms with E-state index < -0.39 is 0 Å². The quantitative estimate of drug-likeness (QED) is 0.0917. The van der Waals surface area contributed by atoms with Crippen LogP contribution in [0, 0.1) is 11.3 Å². The molecule has 0 fully saturated rings. The highest BCUT2D eigenvalue weighted by atomic mass is 16.5. The summed E-state index contributed by atoms with van der Waals surface area (Å²) in [6.07, 6.45) is 24.6. The Morgan fingerprint density at radius 3 is 2.33 bits per heavy atom. The fourth-order valence-corrected chi connectivity index (χ4v) is 4.67. The second-order valence-corrected chi connectivity index (χ2v) is 11.6. The van der Waals surface area contributed by atoms with Crippen LogP contribution < -0.4 is 4.74 Å². The maximum Gasteiger partial charge on any atom is 0.336 e. The molecule has 216 valence electrons. The topological polar surface area (TPSA) is 26.3 Å². The Morgan fingerprint density at radius 1 is 1.02 bits per heavy atom. The molecule has 40 heavy (non-hydrogen) atoms. The number of ether oxygens (including phenoxy) is 1. The summed E-state index contributed by atoms with van der Waals surface area (Å²) in [7, 11) is 0. The van der Waals surface area contributed by atoms with Gasteiger partial charge in [0.1, 0.15) is 5.75 Å². The van der Waals surface area contributed by atoms with Crippen LogP contribution in [0.4, 0.5) is 0 Å². The highest BCUT2D eigenvalue weighted by Crippen LogP contribution is 2.40. The highest BCUT2D eigenvalue weighted by Gasteiger charge is 2.26. The van der Waals surface area contributed by atoms with Crippen molar-refractivity contribution in [2.75, 3.05) is 0 Å². The second kappa shape index (κ2) is 18.1. The van der Waals surface area contributed by atoms with E-state index in [0.717, 1.165) is 24.0 Å². The summed E-state index contributed by atoms with van der Waals surface area (Å²) < 4.78 is 5.49. The van der Waals surface area contributed by atoms with Crippen LogP contribution in [0.2, 0.25) is 0 Å². The predicted octanol–water partition coefficient (Wildman–Crippen LogP) is 11.3. The Balaban J connectivity index is 0.00000391. The first kappa shape index (κ1) is 34.6. The van der Waals surface area contributed by atoms with Crippen molar-refractivity contribution >= 4 is 12.0 Å². The number of rotatable bonds is 11. The summed E-state index contributed by atoms with van der Waals surface area (Å²) >= 11 is 0. The first-order valence-corrected chi connectivity index (χ1v) is 14.5. The standard InChI is InChI=1S/C36H48O2.C2H4/c1-27(2)12-9-13-28(3)17-19-32-20-22-33(23-21-32)38-35(37)26-30(5)15-10-14-29(4)18-24-34-31(6)16-11-25-36(34,7)8;1-2/h10,12,14-15,17-24,26,28H,9,11,13,16,25H2,1-8H3;1-2H2/b15-10+,19-17+,24-18+,29-14+,30-26+;/t28-;/m0./s1. The van der Waals surface area contributed by atoms with Crippen LogP contribution in [0.3, 0.4) is 0 Å². The molecule has 1 atom stereocenters. The number of benzene rings is 1. The smallest absolute Gasteiger partial charge is 0.336 e. The van der Waals surface area contributed by atoms with Crippen LogP contribution in [-0.2, 0) is 4.79 Å². The van der Waals surface area contributed by atoms with Gasteiger partial charge in [-0.2, -0.15) is 0 Å². The van der Waals surface area contributed by atoms with Crippen molar-refractivity contribution in [1.29, 1.82) is 0 Å². The minimum absolute atomic E-state index is 0.245. The molecule has 2 heteroatoms. The van der Waals surface area contributed by atoms with Crippen LogP contribution >= 0.6 is 0 Å². The van der Waals surface area contributed by atoms with Gasteiger partial charge in [0, 0.05) is 6.08 Å². The highest BCUT2D eigenvalue weighted by molar-refractivity contribution is 5.85. The molecule has 0 bridgehead atoms. The number of esters is 1. The molecule has 0 N–H and O–H groups in total. The van der Waals surface area contributed by atoms with Crippen molar-refractivity contribution in [3.8, 4) is 5.75 Å². The van der Waals surface area contributed by atoms with Gasteiger partial charge in [-0.25, -0.2) is 4.79 Å². The van der Waals surface area contributed by atoms with Gasteiger partial charge < -0.3 is 4.74 Å². The summed E-state index contributed by atoms with van der Waals surface area (Å²) in [5.74, 6) is 0.698. The summed E-state index contributed by atoms with van der Waals surface area (Å²) in [5, 5.41) is 0. The van der Waals surface area contributed by atoms with Gasteiger partial charge in [0.15, 0.2) is 0 Å². The Kier molecular flexibility index (Phi) is 15.6. The van der Waals surface area contributed by atoms with E-state index in [1.165, 1.54) is 47.6 Å². The van der Waals surface area contributed by atoms with Crippen LogP contribution in [0.15, 0.2) is 114 Å². The minimum atomic E-state index is -0.370. The molecule has 2 nitrogen and oxygen atoms in total. The fraction of sp³-hybridized carbons (Fsp3) is 0.395. The third-order valence-electron chi connectivity index (χ3n) is 7.01. The lowest BCUT2D eigenvalue weighted by molar-refractivity contribution is -0.129. The van der Waals surface area contributed by atoms with E-state index in [-0.39, 0.29) is 11.4 Å². The van der Waals surface area contributed by atoms with E-state index in [4.69, 9.17) is 4.74 Å². The van der Waals surface area contributed by atoms with E-state index in [0.29, 0.717) is 11.7 Å². The Bertz CT molecular complexity index is 1160. The summed E-state index contributed by atoms with van der Waals surface area (Å²) in [4.78, 5) is 12.4. The summed E-state index contributed by atoms with van der Waals surface area (Å²) in [6, 6.07) is 7.64. The molecule has 0 radical (unpaired) electrons. The lowest BCUT2D eigenvalue weighted by Crippen LogP contribution is -2.19. The van der Waals surface area contributed by atoms with Gasteiger partial charge in [-0.3, -0.25) is 0 Å². The lowest BCUT2D eigenvalue weighted by Gasteiger charge is -2.32. The first-order valence-electron chi connectivity index (χ1n) is 14.5. The molecule has 2 rings (SSSR count). The number of hydrogen-bond acceptors (Lipinski definition) is 2. The van der Waals surface area contributed by atoms with Crippen LogP contribution in [0.1, 0.15) is 93.1 Å². The average molecular weight is 541 g/mol. The van der Waals surface area contributed by atoms with Gasteiger partial charge in [0.2, 0.25) is 0 Å². The maximum absolute atomic E-state index is 12.4. The molecular formula is C38H52O2. The molecule has 0 saturated heterocycles. The number of hydrogen-bond donors (Lipinski definition) is 0. The third-order valence-corrected chi connectivity index (χ3v) is 7.01. The van der Waals surface area contributed by atoms with Gasteiger partial charge in [0.05, 0.1) is 0 Å². The van der Waals surface area contributed by atoms with Crippen molar-refractivity contribution in [2.24, 2.45) is 11.3 Å². The van der Waals surface area contributed by atoms with E-state index >= 15 is 0 Å². The molecule has 1 aromatic carbocycles. The minimum Gasteiger partial charge on any atom is -0.423 e. The monoisotopic (exact) mass is 540 g/mol. The van der Waals surface area contributed by atoms with Crippen molar-refractivity contribution < 1.29 is 9.53 Å². The molecule has 0 aromatic heterocycles. The number of carbonyl (C=O) groups excluding carboxylic acids is 1. The summed E-state index contributed by atoms with van der Waals surface area (Å²) in [6.45, 7) is 23.4. The molecule has 0 heterocycles. The zero-order chi connectivity index (χ0) is 30.1. The maximum atomic E-state index is 12.4. The SMILES string of the molecule is C=C.CC(C)=CCC[C@H](C)/C=C/c1ccc(OC(=O)/C=C(C)/C=C/C=C(C)/C=C/C2=C(C)CCCC2(C)C)cc1. The van der Waals surface area contributed by atoms with E-state index in [1.807, 2.05) is 43.3 Å². The molecule has 0 amide bonds. The normalized spacial score (nSPS) is 16.7. The van der Waals surface area contributed by atoms with E-state index in [9.17, 15) is 4.79 Å². The zero-order valence-electron chi connectivity index (χ0n) is 26.3. The van der Waals surface area contributed by atoms with Crippen LogP contribution in [0.5, 0.6) is 5.75 Å². The first-order chi connectivity index (χ1) is 19.0. The van der Waals surface area contributed by atoms with Crippen LogP contribution in [-0.4, -0.2) is 5.97 Å². The van der Waals surface area contributed by atoms with Gasteiger partial charge in [-0.15, -0.1) is 13.2 Å². The molecule has 0 aliphatic heterocycles. The van der Waals surface area contributed by atoms with Gasteiger partial charge in [-0.1, -0.05) is 98.2 Å². The van der Waals surface area contributed by atoms with Crippen molar-refractivity contribution in [1.82, 2.24) is 0 Å². The van der Waals surface area contributed by atoms with Crippen LogP contribution in [0.25, 0.3) is 6.08 Å². The Morgan fingerprint density at radius 2 is 1.70 bits per heavy atom. The van der Waals surface area contributed by atoms with E-state index in [1.54, 1.807) is 0 Å². The zero-order valence-corrected chi connectivity index (χ0v) is 26.3. The van der Waals surface area contributed by atoms with Gasteiger partial charge in [-0.05, 0) is 107 Å². The molecule has 1 aliphatic rings. The van der Waals surface area contributed by atoms with Crippen molar-refractivity contribution in [3.63, 3.8) is 0 Å². The molecule has 0 saturated carbocycles.